The molecule has 1 rings (SSSR count). The molecule has 0 aromatic heterocycles. The third kappa shape index (κ3) is 1.62. The molecule has 2 atom stereocenters. The van der Waals surface area contributed by atoms with Crippen LogP contribution in [0.1, 0.15) is 6.42 Å². The van der Waals surface area contributed by atoms with Gasteiger partial charge in [0.2, 0.25) is 6.29 Å². The standard InChI is InChI=1S/C5H10NO3/c7-3-1-4(5(8)9)6-2-3/h3-4,6-9H,1-2H2/t3?,4-/m0/s1. The lowest BCUT2D eigenvalue weighted by Gasteiger charge is -2.08. The quantitative estimate of drug-likeness (QED) is 0.367. The van der Waals surface area contributed by atoms with E-state index >= 15 is 0 Å². The fourth-order valence-electron chi connectivity index (χ4n) is 0.914. The van der Waals surface area contributed by atoms with Gasteiger partial charge < -0.3 is 20.6 Å². The van der Waals surface area contributed by atoms with Gasteiger partial charge in [0, 0.05) is 6.54 Å². The maximum absolute atomic E-state index is 8.85. The minimum atomic E-state index is -0.633. The van der Waals surface area contributed by atoms with Crippen LogP contribution in [-0.2, 0) is 0 Å². The maximum atomic E-state index is 8.85. The number of nitrogens with one attached hydrogen (secondary N) is 1. The van der Waals surface area contributed by atoms with Crippen molar-refractivity contribution in [1.29, 1.82) is 0 Å². The first-order chi connectivity index (χ1) is 4.20. The second kappa shape index (κ2) is 2.62. The highest BCUT2D eigenvalue weighted by atomic mass is 16.5. The van der Waals surface area contributed by atoms with Crippen LogP contribution in [0.4, 0.5) is 0 Å². The minimum Gasteiger partial charge on any atom is -0.392 e. The zero-order valence-corrected chi connectivity index (χ0v) is 4.91. The molecule has 1 aliphatic heterocycles. The zero-order chi connectivity index (χ0) is 6.85. The van der Waals surface area contributed by atoms with Crippen LogP contribution in [0.15, 0.2) is 0 Å². The Hall–Kier alpha value is -0.160. The second-order valence-electron chi connectivity index (χ2n) is 2.21. The molecule has 1 unspecified atom stereocenters. The largest absolute Gasteiger partial charge is 0.392 e. The van der Waals surface area contributed by atoms with Crippen LogP contribution >= 0.6 is 0 Å². The van der Waals surface area contributed by atoms with Gasteiger partial charge in [0.25, 0.3) is 0 Å². The van der Waals surface area contributed by atoms with E-state index in [9.17, 15) is 0 Å². The van der Waals surface area contributed by atoms with Crippen molar-refractivity contribution in [2.75, 3.05) is 6.54 Å². The Morgan fingerprint density at radius 1 is 1.44 bits per heavy atom. The van der Waals surface area contributed by atoms with E-state index in [4.69, 9.17) is 15.3 Å². The van der Waals surface area contributed by atoms with Crippen molar-refractivity contribution in [3.63, 3.8) is 0 Å². The molecule has 1 saturated heterocycles. The smallest absolute Gasteiger partial charge is 0.236 e. The summed E-state index contributed by atoms with van der Waals surface area (Å²) in [7, 11) is 0. The molecule has 0 spiro atoms. The Bertz CT molecular complexity index is 96.2. The fraction of sp³-hybridized carbons (Fsp3) is 0.800. The average molecular weight is 132 g/mol. The van der Waals surface area contributed by atoms with Gasteiger partial charge in [-0.3, -0.25) is 0 Å². The van der Waals surface area contributed by atoms with E-state index in [1.54, 1.807) is 0 Å². The molecule has 4 nitrogen and oxygen atoms in total. The summed E-state index contributed by atoms with van der Waals surface area (Å²) in [6.45, 7) is 0.440. The topological polar surface area (TPSA) is 72.7 Å². The number of rotatable bonds is 1. The first-order valence-electron chi connectivity index (χ1n) is 2.86. The average Bonchev–Trinajstić information content (AvgIpc) is 2.14. The van der Waals surface area contributed by atoms with Gasteiger partial charge in [-0.15, -0.1) is 0 Å². The van der Waals surface area contributed by atoms with E-state index in [0.29, 0.717) is 13.0 Å². The predicted molar refractivity (Wildman–Crippen MR) is 29.5 cm³/mol. The molecule has 0 amide bonds. The zero-order valence-electron chi connectivity index (χ0n) is 4.91. The van der Waals surface area contributed by atoms with Gasteiger partial charge in [0.1, 0.15) is 0 Å². The predicted octanol–water partition coefficient (Wildman–Crippen LogP) is -1.06. The molecule has 0 aromatic rings. The summed E-state index contributed by atoms with van der Waals surface area (Å²) < 4.78 is 0. The van der Waals surface area contributed by atoms with Crippen molar-refractivity contribution in [3.05, 3.63) is 6.29 Å². The highest BCUT2D eigenvalue weighted by Crippen LogP contribution is 2.11. The monoisotopic (exact) mass is 132 g/mol. The third-order valence-corrected chi connectivity index (χ3v) is 1.42. The van der Waals surface area contributed by atoms with Gasteiger partial charge in [0.05, 0.1) is 12.1 Å². The molecular formula is C5H10NO3. The van der Waals surface area contributed by atoms with Crippen LogP contribution in [0.5, 0.6) is 0 Å². The van der Waals surface area contributed by atoms with Crippen molar-refractivity contribution in [1.82, 2.24) is 5.32 Å². The van der Waals surface area contributed by atoms with Crippen molar-refractivity contribution < 1.29 is 15.3 Å². The molecule has 0 aliphatic carbocycles. The Morgan fingerprint density at radius 2 is 2.11 bits per heavy atom. The summed E-state index contributed by atoms with van der Waals surface area (Å²) in [4.78, 5) is 0. The highest BCUT2D eigenvalue weighted by molar-refractivity contribution is 4.89. The van der Waals surface area contributed by atoms with E-state index < -0.39 is 18.4 Å². The van der Waals surface area contributed by atoms with Crippen LogP contribution in [0.2, 0.25) is 0 Å². The van der Waals surface area contributed by atoms with E-state index in [2.05, 4.69) is 5.32 Å². The SMILES string of the molecule is O[C](O)[C@@H]1CC(O)CN1. The fourth-order valence-corrected chi connectivity index (χ4v) is 0.914. The lowest BCUT2D eigenvalue weighted by molar-refractivity contribution is 0.0499. The maximum Gasteiger partial charge on any atom is 0.236 e. The Morgan fingerprint density at radius 3 is 2.33 bits per heavy atom. The Kier molecular flexibility index (Phi) is 2.02. The Labute approximate surface area is 53.1 Å². The molecule has 1 fully saturated rings. The van der Waals surface area contributed by atoms with Gasteiger partial charge in [-0.05, 0) is 6.42 Å². The van der Waals surface area contributed by atoms with Gasteiger partial charge in [0.15, 0.2) is 0 Å². The van der Waals surface area contributed by atoms with Crippen LogP contribution in [-0.4, -0.2) is 34.0 Å². The molecule has 0 aromatic carbocycles. The number of aliphatic hydroxyl groups is 3. The summed E-state index contributed by atoms with van der Waals surface area (Å²) in [5, 5.41) is 28.5. The molecule has 1 aliphatic rings. The molecule has 53 valence electrons. The number of hydrogen-bond donors (Lipinski definition) is 4. The van der Waals surface area contributed by atoms with Gasteiger partial charge >= 0.3 is 0 Å². The van der Waals surface area contributed by atoms with Crippen molar-refractivity contribution in [2.24, 2.45) is 0 Å². The van der Waals surface area contributed by atoms with Crippen molar-refractivity contribution >= 4 is 0 Å². The number of aliphatic hydroxyl groups excluding tert-OH is 2. The first-order valence-corrected chi connectivity index (χ1v) is 2.86. The molecule has 0 bridgehead atoms. The number of hydrogen-bond acceptors (Lipinski definition) is 4. The van der Waals surface area contributed by atoms with E-state index in [1.807, 2.05) is 0 Å². The van der Waals surface area contributed by atoms with Crippen molar-refractivity contribution in [3.8, 4) is 0 Å². The molecule has 1 radical (unpaired) electrons. The van der Waals surface area contributed by atoms with E-state index in [0.717, 1.165) is 0 Å². The third-order valence-electron chi connectivity index (χ3n) is 1.42. The van der Waals surface area contributed by atoms with Crippen LogP contribution in [0.25, 0.3) is 0 Å². The molecule has 9 heavy (non-hydrogen) atoms. The van der Waals surface area contributed by atoms with Gasteiger partial charge in [-0.25, -0.2) is 0 Å². The molecule has 4 N–H and O–H groups in total. The lowest BCUT2D eigenvalue weighted by atomic mass is 10.2. The minimum absolute atomic E-state index is 0.391. The first kappa shape index (κ1) is 6.95. The molecule has 4 heteroatoms. The molecular weight excluding hydrogens is 122 g/mol. The molecule has 0 saturated carbocycles. The van der Waals surface area contributed by atoms with Crippen LogP contribution < -0.4 is 5.32 Å². The summed E-state index contributed by atoms with van der Waals surface area (Å²) >= 11 is 0. The van der Waals surface area contributed by atoms with E-state index in [-0.39, 0.29) is 0 Å². The summed E-state index contributed by atoms with van der Waals surface area (Å²) in [5.74, 6) is 0. The summed E-state index contributed by atoms with van der Waals surface area (Å²) in [5.41, 5.74) is 0. The van der Waals surface area contributed by atoms with Gasteiger partial charge in [-0.1, -0.05) is 0 Å². The lowest BCUT2D eigenvalue weighted by Crippen LogP contribution is -2.28. The van der Waals surface area contributed by atoms with Gasteiger partial charge in [-0.2, -0.15) is 0 Å². The second-order valence-corrected chi connectivity index (χ2v) is 2.21. The van der Waals surface area contributed by atoms with E-state index in [1.165, 1.54) is 0 Å². The highest BCUT2D eigenvalue weighted by Gasteiger charge is 2.27. The van der Waals surface area contributed by atoms with Crippen LogP contribution in [0.3, 0.4) is 0 Å². The normalized spacial score (nSPS) is 36.0. The molecule has 1 heterocycles. The summed E-state index contributed by atoms with van der Waals surface area (Å²) in [6.07, 6.45) is -0.682. The number of β-amino-alcohol motifs (C(OH)–C–C–N with tert-alkyl or cyclic N) is 1. The van der Waals surface area contributed by atoms with Crippen LogP contribution in [0, 0.1) is 6.29 Å². The van der Waals surface area contributed by atoms with Crippen molar-refractivity contribution in [2.45, 2.75) is 18.6 Å². The Balaban J connectivity index is 2.30. The summed E-state index contributed by atoms with van der Waals surface area (Å²) in [6, 6.07) is -0.431.